The Hall–Kier alpha value is -1.77. The Kier molecular flexibility index (Phi) is 4.11. The zero-order valence-corrected chi connectivity index (χ0v) is 9.99. The second-order valence-corrected chi connectivity index (χ2v) is 3.53. The zero-order chi connectivity index (χ0) is 12.1. The summed E-state index contributed by atoms with van der Waals surface area (Å²) >= 11 is 0. The van der Waals surface area contributed by atoms with Crippen LogP contribution in [0.5, 0.6) is 0 Å². The molecule has 86 valence electrons. The first-order valence-corrected chi connectivity index (χ1v) is 5.28. The molecule has 0 aromatic heterocycles. The lowest BCUT2D eigenvalue weighted by Gasteiger charge is -2.23. The summed E-state index contributed by atoms with van der Waals surface area (Å²) in [7, 11) is 0. The van der Waals surface area contributed by atoms with Crippen molar-refractivity contribution in [3.05, 3.63) is 42.0 Å². The molecular formula is C13H17NO2. The van der Waals surface area contributed by atoms with E-state index in [4.69, 9.17) is 4.84 Å². The summed E-state index contributed by atoms with van der Waals surface area (Å²) < 4.78 is 0. The van der Waals surface area contributed by atoms with Crippen LogP contribution in [0.4, 0.5) is 5.69 Å². The van der Waals surface area contributed by atoms with Gasteiger partial charge in [0.1, 0.15) is 0 Å². The minimum Gasteiger partial charge on any atom is -0.336 e. The molecule has 16 heavy (non-hydrogen) atoms. The fourth-order valence-electron chi connectivity index (χ4n) is 1.44. The van der Waals surface area contributed by atoms with Gasteiger partial charge in [-0.2, -0.15) is 0 Å². The van der Waals surface area contributed by atoms with Crippen LogP contribution in [0.2, 0.25) is 0 Å². The molecule has 0 unspecified atom stereocenters. The first-order valence-electron chi connectivity index (χ1n) is 5.28. The van der Waals surface area contributed by atoms with Gasteiger partial charge < -0.3 is 4.84 Å². The van der Waals surface area contributed by atoms with Crippen molar-refractivity contribution >= 4 is 11.7 Å². The number of hydrogen-bond donors (Lipinski definition) is 0. The normalized spacial score (nSPS) is 9.69. The number of hydroxylamine groups is 1. The third kappa shape index (κ3) is 2.63. The van der Waals surface area contributed by atoms with Crippen molar-refractivity contribution < 1.29 is 9.63 Å². The molecule has 0 fully saturated rings. The third-order valence-electron chi connectivity index (χ3n) is 2.50. The highest BCUT2D eigenvalue weighted by atomic mass is 16.7. The summed E-state index contributed by atoms with van der Waals surface area (Å²) in [5, 5.41) is 1.58. The maximum atomic E-state index is 11.2. The van der Waals surface area contributed by atoms with Crippen LogP contribution in [0.3, 0.4) is 0 Å². The number of carbonyl (C=O) groups is 1. The molecular weight excluding hydrogens is 202 g/mol. The van der Waals surface area contributed by atoms with Gasteiger partial charge in [-0.05, 0) is 38.0 Å². The van der Waals surface area contributed by atoms with Crippen molar-refractivity contribution in [2.45, 2.75) is 20.8 Å². The van der Waals surface area contributed by atoms with E-state index in [1.165, 1.54) is 5.56 Å². The minimum atomic E-state index is -0.442. The number of rotatable bonds is 4. The van der Waals surface area contributed by atoms with Crippen LogP contribution in [-0.4, -0.2) is 12.5 Å². The van der Waals surface area contributed by atoms with Crippen LogP contribution in [0.25, 0.3) is 0 Å². The first-order chi connectivity index (χ1) is 7.60. The van der Waals surface area contributed by atoms with Gasteiger partial charge in [0.15, 0.2) is 0 Å². The molecule has 0 spiro atoms. The standard InChI is InChI=1S/C13H17NO2/c1-5-13(15)16-14(6-2)12-9-7-8-10(3)11(12)4/h5,7-9H,1,6H2,2-4H3. The van der Waals surface area contributed by atoms with Gasteiger partial charge in [-0.15, -0.1) is 0 Å². The molecule has 3 heteroatoms. The van der Waals surface area contributed by atoms with Gasteiger partial charge in [-0.1, -0.05) is 18.7 Å². The molecule has 1 aromatic rings. The van der Waals surface area contributed by atoms with Gasteiger partial charge in [0.25, 0.3) is 0 Å². The molecule has 1 aromatic carbocycles. The molecule has 0 saturated heterocycles. The van der Waals surface area contributed by atoms with E-state index in [-0.39, 0.29) is 0 Å². The van der Waals surface area contributed by atoms with Crippen molar-refractivity contribution in [3.8, 4) is 0 Å². The van der Waals surface area contributed by atoms with Crippen LogP contribution in [-0.2, 0) is 9.63 Å². The molecule has 0 aliphatic carbocycles. The smallest absolute Gasteiger partial charge is 0.336 e. The van der Waals surface area contributed by atoms with Crippen molar-refractivity contribution in [1.29, 1.82) is 0 Å². The SMILES string of the molecule is C=CC(=O)ON(CC)c1cccc(C)c1C. The minimum absolute atomic E-state index is 0.442. The number of aryl methyl sites for hydroxylation is 1. The van der Waals surface area contributed by atoms with E-state index >= 15 is 0 Å². The predicted molar refractivity (Wildman–Crippen MR) is 65.2 cm³/mol. The van der Waals surface area contributed by atoms with E-state index in [1.807, 2.05) is 39.0 Å². The Balaban J connectivity index is 2.99. The average molecular weight is 219 g/mol. The van der Waals surface area contributed by atoms with Crippen molar-refractivity contribution in [2.75, 3.05) is 11.6 Å². The molecule has 0 saturated carbocycles. The largest absolute Gasteiger partial charge is 0.355 e. The molecule has 0 bridgehead atoms. The van der Waals surface area contributed by atoms with E-state index in [0.29, 0.717) is 6.54 Å². The Labute approximate surface area is 96.3 Å². The Bertz CT molecular complexity index is 399. The highest BCUT2D eigenvalue weighted by molar-refractivity contribution is 5.82. The lowest BCUT2D eigenvalue weighted by atomic mass is 10.1. The lowest BCUT2D eigenvalue weighted by molar-refractivity contribution is -0.139. The van der Waals surface area contributed by atoms with Gasteiger partial charge in [0.05, 0.1) is 12.2 Å². The molecule has 0 radical (unpaired) electrons. The van der Waals surface area contributed by atoms with Gasteiger partial charge in [0.2, 0.25) is 0 Å². The third-order valence-corrected chi connectivity index (χ3v) is 2.50. The van der Waals surface area contributed by atoms with Crippen LogP contribution in [0.1, 0.15) is 18.1 Å². The molecule has 0 amide bonds. The predicted octanol–water partition coefficient (Wildman–Crippen LogP) is 2.77. The van der Waals surface area contributed by atoms with E-state index in [0.717, 1.165) is 17.3 Å². The van der Waals surface area contributed by atoms with Gasteiger partial charge >= 0.3 is 5.97 Å². The molecule has 0 atom stereocenters. The highest BCUT2D eigenvalue weighted by Gasteiger charge is 2.11. The van der Waals surface area contributed by atoms with Gasteiger partial charge in [0, 0.05) is 6.08 Å². The molecule has 3 nitrogen and oxygen atoms in total. The van der Waals surface area contributed by atoms with Crippen molar-refractivity contribution in [3.63, 3.8) is 0 Å². The topological polar surface area (TPSA) is 29.5 Å². The molecule has 0 aliphatic rings. The summed E-state index contributed by atoms with van der Waals surface area (Å²) in [6.45, 7) is 9.95. The number of benzene rings is 1. The maximum absolute atomic E-state index is 11.2. The van der Waals surface area contributed by atoms with Crippen molar-refractivity contribution in [2.24, 2.45) is 0 Å². The summed E-state index contributed by atoms with van der Waals surface area (Å²) in [6.07, 6.45) is 1.16. The first kappa shape index (κ1) is 12.3. The van der Waals surface area contributed by atoms with Gasteiger partial charge in [-0.25, -0.2) is 9.86 Å². The molecule has 0 heterocycles. The second kappa shape index (κ2) is 5.35. The van der Waals surface area contributed by atoms with E-state index in [9.17, 15) is 4.79 Å². The fourth-order valence-corrected chi connectivity index (χ4v) is 1.44. The zero-order valence-electron chi connectivity index (χ0n) is 9.99. The van der Waals surface area contributed by atoms with E-state index in [2.05, 4.69) is 6.58 Å². The number of anilines is 1. The quantitative estimate of drug-likeness (QED) is 0.576. The number of carbonyl (C=O) groups excluding carboxylic acids is 1. The fraction of sp³-hybridized carbons (Fsp3) is 0.308. The van der Waals surface area contributed by atoms with Gasteiger partial charge in [-0.3, -0.25) is 0 Å². The Morgan fingerprint density at radius 2 is 2.19 bits per heavy atom. The molecule has 0 N–H and O–H groups in total. The van der Waals surface area contributed by atoms with E-state index < -0.39 is 5.97 Å². The molecule has 1 rings (SSSR count). The summed E-state index contributed by atoms with van der Waals surface area (Å²) in [5.41, 5.74) is 3.20. The molecule has 0 aliphatic heterocycles. The number of nitrogens with zero attached hydrogens (tertiary/aromatic N) is 1. The summed E-state index contributed by atoms with van der Waals surface area (Å²) in [5.74, 6) is -0.442. The van der Waals surface area contributed by atoms with E-state index in [1.54, 1.807) is 5.06 Å². The van der Waals surface area contributed by atoms with Crippen molar-refractivity contribution in [1.82, 2.24) is 0 Å². The monoisotopic (exact) mass is 219 g/mol. The Morgan fingerprint density at radius 1 is 1.50 bits per heavy atom. The highest BCUT2D eigenvalue weighted by Crippen LogP contribution is 2.22. The average Bonchev–Trinajstić information content (AvgIpc) is 2.29. The summed E-state index contributed by atoms with van der Waals surface area (Å²) in [4.78, 5) is 16.3. The van der Waals surface area contributed by atoms with Crippen LogP contribution in [0, 0.1) is 13.8 Å². The van der Waals surface area contributed by atoms with Crippen LogP contribution < -0.4 is 5.06 Å². The maximum Gasteiger partial charge on any atom is 0.355 e. The lowest BCUT2D eigenvalue weighted by Crippen LogP contribution is -2.26. The Morgan fingerprint density at radius 3 is 2.75 bits per heavy atom. The summed E-state index contributed by atoms with van der Waals surface area (Å²) in [6, 6.07) is 5.91. The number of hydrogen-bond acceptors (Lipinski definition) is 3. The van der Waals surface area contributed by atoms with Crippen LogP contribution >= 0.6 is 0 Å². The second-order valence-electron chi connectivity index (χ2n) is 3.53. The van der Waals surface area contributed by atoms with Crippen LogP contribution in [0.15, 0.2) is 30.9 Å².